The summed E-state index contributed by atoms with van der Waals surface area (Å²) in [5.41, 5.74) is 0. The van der Waals surface area contributed by atoms with Gasteiger partial charge in [0.15, 0.2) is 0 Å². The molecule has 11 heavy (non-hydrogen) atoms. The third-order valence-electron chi connectivity index (χ3n) is 0. The molecule has 8 nitrogen and oxygen atoms in total. The molecule has 0 radical (unpaired) electrons. The van der Waals surface area contributed by atoms with Gasteiger partial charge < -0.3 is 21.9 Å². The summed E-state index contributed by atoms with van der Waals surface area (Å²) in [4.78, 5) is 0. The van der Waals surface area contributed by atoms with E-state index in [-0.39, 0.29) is 102 Å². The Balaban J connectivity index is -0.00000000533. The normalized spacial score (nSPS) is 5.36. The molecule has 68 valence electrons. The molecule has 0 rings (SSSR count). The quantitative estimate of drug-likeness (QED) is 0.386. The summed E-state index contributed by atoms with van der Waals surface area (Å²) in [5, 5.41) is 0. The topological polar surface area (TPSA) is 206 Å². The van der Waals surface area contributed by atoms with Crippen LogP contribution in [0.25, 0.3) is 0 Å². The molecule has 0 saturated carbocycles. The van der Waals surface area contributed by atoms with Gasteiger partial charge in [-0.05, 0) is 0 Å². The first-order chi connectivity index (χ1) is 2.00. The molecule has 11 heteroatoms. The van der Waals surface area contributed by atoms with Crippen molar-refractivity contribution in [3.05, 3.63) is 0 Å². The fourth-order valence-electron chi connectivity index (χ4n) is 0. The van der Waals surface area contributed by atoms with Crippen molar-refractivity contribution < 1.29 is 118 Å². The van der Waals surface area contributed by atoms with Gasteiger partial charge >= 0.3 is 88.7 Å². The van der Waals surface area contributed by atoms with E-state index < -0.39 is 14.5 Å². The molecule has 0 aromatic rings. The summed E-state index contributed by atoms with van der Waals surface area (Å²) in [5.74, 6) is 0. The van der Waals surface area contributed by atoms with Crippen LogP contribution in [0.15, 0.2) is 0 Å². The predicted octanol–water partition coefficient (Wildman–Crippen LogP) is -7.77. The van der Waals surface area contributed by atoms with E-state index in [2.05, 4.69) is 0 Å². The van der Waals surface area contributed by atoms with Crippen molar-refractivity contribution in [2.75, 3.05) is 0 Å². The van der Waals surface area contributed by atoms with Crippen LogP contribution in [0.2, 0.25) is 0 Å². The first-order valence-corrected chi connectivity index (χ1v) is 3.79. The number of rotatable bonds is 0. The monoisotopic (exact) mass is 340 g/mol. The smallest absolute Gasteiger partial charge is 0.870 e. The Morgan fingerprint density at radius 3 is 0.818 bits per heavy atom. The molecule has 0 aliphatic rings. The molecule has 0 fully saturated rings. The average Bonchev–Trinajstić information content (AvgIpc) is 0.722. The summed E-state index contributed by atoms with van der Waals surface area (Å²) in [6.45, 7) is 0. The minimum absolute atomic E-state index is 0. The zero-order valence-electron chi connectivity index (χ0n) is 5.37. The van der Waals surface area contributed by atoms with E-state index >= 15 is 0 Å². The first-order valence-electron chi connectivity index (χ1n) is 0.730. The van der Waals surface area contributed by atoms with Gasteiger partial charge in [0.25, 0.3) is 0 Å². The van der Waals surface area contributed by atoms with E-state index in [1.807, 2.05) is 0 Å². The van der Waals surface area contributed by atoms with E-state index in [0.29, 0.717) is 0 Å². The summed E-state index contributed by atoms with van der Waals surface area (Å²) in [6.07, 6.45) is 0. The van der Waals surface area contributed by atoms with Crippen LogP contribution in [-0.4, -0.2) is 36.4 Å². The Kier molecular flexibility index (Phi) is 103. The molecule has 0 bridgehead atoms. The van der Waals surface area contributed by atoms with Crippen LogP contribution < -0.4 is 70.5 Å². The number of hydrogen-bond donors (Lipinski definition) is 0. The molecule has 0 aromatic heterocycles. The summed E-state index contributed by atoms with van der Waals surface area (Å²) in [6, 6.07) is 0. The minimum atomic E-state index is -5.88. The van der Waals surface area contributed by atoms with Crippen LogP contribution in [0.1, 0.15) is 0 Å². The Hall–Kier alpha value is 2.60. The van der Waals surface area contributed by atoms with Gasteiger partial charge in [0.1, 0.15) is 0 Å². The van der Waals surface area contributed by atoms with Crippen molar-refractivity contribution in [3.63, 3.8) is 0 Å². The van der Waals surface area contributed by atoms with Gasteiger partial charge in [-0.15, -0.1) is 0 Å². The molecule has 0 atom stereocenters. The van der Waals surface area contributed by atoms with Crippen molar-refractivity contribution in [1.82, 2.24) is 0 Å². The Bertz CT molecular complexity index is 60.2. The van der Waals surface area contributed by atoms with E-state index in [4.69, 9.17) is 16.0 Å². The van der Waals surface area contributed by atoms with Crippen LogP contribution in [0.5, 0.6) is 0 Å². The number of hydrogen-bond acceptors (Lipinski definition) is 8. The first kappa shape index (κ1) is 49.6. The predicted molar refractivity (Wildman–Crippen MR) is 14.2 cm³/mol. The molecule has 0 aromatic carbocycles. The van der Waals surface area contributed by atoms with Gasteiger partial charge in [0, 0.05) is 21.7 Å². The van der Waals surface area contributed by atoms with Crippen LogP contribution in [0.4, 0.5) is 0 Å². The second-order valence-electron chi connectivity index (χ2n) is 0.447. The van der Waals surface area contributed by atoms with Crippen LogP contribution >= 0.6 is 0 Å². The second kappa shape index (κ2) is 22.9. The summed E-state index contributed by atoms with van der Waals surface area (Å²) < 4.78 is 34.4. The Labute approximate surface area is 130 Å². The van der Waals surface area contributed by atoms with Crippen molar-refractivity contribution in [1.29, 1.82) is 0 Å². The van der Waals surface area contributed by atoms with Crippen LogP contribution in [0.3, 0.4) is 0 Å². The van der Waals surface area contributed by atoms with E-state index in [9.17, 15) is 0 Å². The third kappa shape index (κ3) is 210. The van der Waals surface area contributed by atoms with Crippen LogP contribution in [0, 0.1) is 0 Å². The SMILES string of the molecule is O=[As]([O-])([O-])[O-].[OH-].[OH-].[OH-].[OH-].[Rb+].[Ti]. The molecule has 0 amide bonds. The standard InChI is InChI=1S/AsH3O4.4H2O.Rb.Ti/c2-1(3,4)5;;;;;;/h(H3,2,3,4,5);4*1H2;;/q;;;;;+1;/p-7. The van der Waals surface area contributed by atoms with E-state index in [0.717, 1.165) is 0 Å². The van der Waals surface area contributed by atoms with E-state index in [1.54, 1.807) is 0 Å². The summed E-state index contributed by atoms with van der Waals surface area (Å²) >= 11 is -5.88. The fraction of sp³-hybridized carbons (Fsp3) is 0. The molecule has 0 heterocycles. The Morgan fingerprint density at radius 1 is 0.818 bits per heavy atom. The van der Waals surface area contributed by atoms with Crippen molar-refractivity contribution in [2.24, 2.45) is 0 Å². The van der Waals surface area contributed by atoms with Crippen molar-refractivity contribution >= 4 is 14.5 Å². The van der Waals surface area contributed by atoms with Crippen LogP contribution in [-0.2, 0) is 25.5 Å². The average molecular weight is 340 g/mol. The molecule has 0 spiro atoms. The maximum atomic E-state index is 8.61. The molecule has 0 aliphatic carbocycles. The zero-order valence-corrected chi connectivity index (χ0v) is 13.7. The van der Waals surface area contributed by atoms with Gasteiger partial charge in [-0.1, -0.05) is 0 Å². The zero-order chi connectivity index (χ0) is 4.50. The van der Waals surface area contributed by atoms with Gasteiger partial charge in [-0.2, -0.15) is 0 Å². The van der Waals surface area contributed by atoms with Crippen molar-refractivity contribution in [2.45, 2.75) is 0 Å². The Morgan fingerprint density at radius 2 is 0.818 bits per heavy atom. The largest absolute Gasteiger partial charge is 1.00 e. The van der Waals surface area contributed by atoms with Gasteiger partial charge in [0.05, 0.1) is 0 Å². The molecular weight excluding hydrogens is 336 g/mol. The molecule has 0 saturated heterocycles. The maximum absolute atomic E-state index is 8.61. The van der Waals surface area contributed by atoms with Gasteiger partial charge in [-0.25, -0.2) is 0 Å². The maximum Gasteiger partial charge on any atom is 1.00 e. The molecule has 0 unspecified atom stereocenters. The molecule has 0 aliphatic heterocycles. The van der Waals surface area contributed by atoms with Crippen molar-refractivity contribution in [3.8, 4) is 0 Å². The third-order valence-corrected chi connectivity index (χ3v) is 0. The van der Waals surface area contributed by atoms with E-state index in [1.165, 1.54) is 0 Å². The molecular formula is H4AsO8RbTi-6. The second-order valence-corrected chi connectivity index (χ2v) is 2.32. The summed E-state index contributed by atoms with van der Waals surface area (Å²) in [7, 11) is 0. The minimum Gasteiger partial charge on any atom is -0.870 e. The van der Waals surface area contributed by atoms with Gasteiger partial charge in [0.2, 0.25) is 0 Å². The molecule has 4 N–H and O–H groups in total. The van der Waals surface area contributed by atoms with Gasteiger partial charge in [-0.3, -0.25) is 0 Å². The fourth-order valence-corrected chi connectivity index (χ4v) is 0.